The van der Waals surface area contributed by atoms with Crippen LogP contribution < -0.4 is 5.32 Å². The van der Waals surface area contributed by atoms with Crippen LogP contribution in [0.25, 0.3) is 0 Å². The molecule has 2 unspecified atom stereocenters. The molecule has 1 N–H and O–H groups in total. The molecule has 0 bridgehead atoms. The SMILES string of the molecule is CCNC(C)c1nnnn1C(C)c1ccc(Cl)s1. The predicted octanol–water partition coefficient (Wildman–Crippen LogP) is 2.67. The minimum atomic E-state index is 0.0913. The molecule has 0 amide bonds. The molecular weight excluding hydrogens is 270 g/mol. The third-order valence-electron chi connectivity index (χ3n) is 2.79. The number of thiophene rings is 1. The van der Waals surface area contributed by atoms with Gasteiger partial charge in [-0.15, -0.1) is 16.4 Å². The van der Waals surface area contributed by atoms with Crippen LogP contribution in [-0.4, -0.2) is 26.8 Å². The van der Waals surface area contributed by atoms with E-state index in [1.165, 1.54) is 0 Å². The first-order valence-electron chi connectivity index (χ1n) is 5.89. The molecule has 2 atom stereocenters. The van der Waals surface area contributed by atoms with Gasteiger partial charge in [0.15, 0.2) is 5.82 Å². The zero-order valence-electron chi connectivity index (χ0n) is 10.6. The molecule has 0 aliphatic heterocycles. The number of nitrogens with one attached hydrogen (secondary N) is 1. The summed E-state index contributed by atoms with van der Waals surface area (Å²) in [6.45, 7) is 7.07. The first kappa shape index (κ1) is 13.5. The van der Waals surface area contributed by atoms with Crippen molar-refractivity contribution >= 4 is 22.9 Å². The molecule has 2 aromatic heterocycles. The maximum absolute atomic E-state index is 5.96. The van der Waals surface area contributed by atoms with Crippen molar-refractivity contribution in [3.05, 3.63) is 27.2 Å². The van der Waals surface area contributed by atoms with Crippen LogP contribution in [0.4, 0.5) is 0 Å². The lowest BCUT2D eigenvalue weighted by Gasteiger charge is -2.16. The molecular formula is C11H16ClN5S. The molecule has 0 saturated heterocycles. The highest BCUT2D eigenvalue weighted by atomic mass is 35.5. The van der Waals surface area contributed by atoms with Gasteiger partial charge in [-0.05, 0) is 43.0 Å². The van der Waals surface area contributed by atoms with Crippen molar-refractivity contribution in [2.75, 3.05) is 6.54 Å². The van der Waals surface area contributed by atoms with Crippen molar-refractivity contribution in [2.24, 2.45) is 0 Å². The maximum atomic E-state index is 5.96. The third kappa shape index (κ3) is 2.71. The van der Waals surface area contributed by atoms with Crippen LogP contribution in [0.5, 0.6) is 0 Å². The summed E-state index contributed by atoms with van der Waals surface area (Å²) >= 11 is 7.52. The first-order valence-corrected chi connectivity index (χ1v) is 7.09. The van der Waals surface area contributed by atoms with Crippen LogP contribution in [0.1, 0.15) is 43.6 Å². The lowest BCUT2D eigenvalue weighted by atomic mass is 10.2. The lowest BCUT2D eigenvalue weighted by molar-refractivity contribution is 0.474. The number of nitrogens with zero attached hydrogens (tertiary/aromatic N) is 4. The Morgan fingerprint density at radius 2 is 2.22 bits per heavy atom. The Labute approximate surface area is 115 Å². The summed E-state index contributed by atoms with van der Waals surface area (Å²) in [6.07, 6.45) is 0. The average molecular weight is 286 g/mol. The van der Waals surface area contributed by atoms with Gasteiger partial charge in [0.25, 0.3) is 0 Å². The van der Waals surface area contributed by atoms with Gasteiger partial charge in [0.05, 0.1) is 16.4 Å². The first-order chi connectivity index (χ1) is 8.63. The minimum Gasteiger partial charge on any atom is -0.308 e. The van der Waals surface area contributed by atoms with E-state index in [0.29, 0.717) is 0 Å². The second-order valence-corrected chi connectivity index (χ2v) is 5.83. The number of hydrogen-bond donors (Lipinski definition) is 1. The van der Waals surface area contributed by atoms with Crippen molar-refractivity contribution in [1.82, 2.24) is 25.5 Å². The summed E-state index contributed by atoms with van der Waals surface area (Å²) < 4.78 is 2.63. The van der Waals surface area contributed by atoms with Crippen molar-refractivity contribution in [1.29, 1.82) is 0 Å². The fourth-order valence-corrected chi connectivity index (χ4v) is 2.93. The molecule has 0 aliphatic rings. The second-order valence-electron chi connectivity index (χ2n) is 4.08. The van der Waals surface area contributed by atoms with Crippen molar-refractivity contribution < 1.29 is 0 Å². The van der Waals surface area contributed by atoms with Crippen LogP contribution in [0.3, 0.4) is 0 Å². The molecule has 2 rings (SSSR count). The van der Waals surface area contributed by atoms with E-state index in [-0.39, 0.29) is 12.1 Å². The molecule has 2 heterocycles. The van der Waals surface area contributed by atoms with Crippen LogP contribution in [0.2, 0.25) is 4.34 Å². The Morgan fingerprint density at radius 1 is 1.44 bits per heavy atom. The number of hydrogen-bond acceptors (Lipinski definition) is 5. The number of aromatic nitrogens is 4. The molecule has 0 radical (unpaired) electrons. The molecule has 0 aromatic carbocycles. The van der Waals surface area contributed by atoms with Gasteiger partial charge in [-0.3, -0.25) is 0 Å². The quantitative estimate of drug-likeness (QED) is 0.918. The van der Waals surface area contributed by atoms with E-state index in [1.807, 2.05) is 16.8 Å². The normalized spacial score (nSPS) is 14.7. The van der Waals surface area contributed by atoms with Gasteiger partial charge >= 0.3 is 0 Å². The summed E-state index contributed by atoms with van der Waals surface area (Å²) in [5, 5.41) is 15.3. The van der Waals surface area contributed by atoms with Gasteiger partial charge in [0, 0.05) is 4.88 Å². The highest BCUT2D eigenvalue weighted by Crippen LogP contribution is 2.29. The Morgan fingerprint density at radius 3 is 2.83 bits per heavy atom. The highest BCUT2D eigenvalue weighted by molar-refractivity contribution is 7.16. The van der Waals surface area contributed by atoms with E-state index < -0.39 is 0 Å². The van der Waals surface area contributed by atoms with E-state index in [2.05, 4.69) is 41.6 Å². The monoisotopic (exact) mass is 285 g/mol. The van der Waals surface area contributed by atoms with Gasteiger partial charge in [0.1, 0.15) is 0 Å². The highest BCUT2D eigenvalue weighted by Gasteiger charge is 2.19. The number of halogens is 1. The van der Waals surface area contributed by atoms with Crippen molar-refractivity contribution in [3.8, 4) is 0 Å². The van der Waals surface area contributed by atoms with E-state index >= 15 is 0 Å². The van der Waals surface area contributed by atoms with E-state index in [9.17, 15) is 0 Å². The Bertz CT molecular complexity index is 509. The van der Waals surface area contributed by atoms with E-state index in [0.717, 1.165) is 21.6 Å². The third-order valence-corrected chi connectivity index (χ3v) is 4.19. The Balaban J connectivity index is 2.25. The second kappa shape index (κ2) is 5.77. The van der Waals surface area contributed by atoms with E-state index in [4.69, 9.17) is 11.6 Å². The van der Waals surface area contributed by atoms with Gasteiger partial charge in [0.2, 0.25) is 0 Å². The summed E-state index contributed by atoms with van der Waals surface area (Å²) in [7, 11) is 0. The predicted molar refractivity (Wildman–Crippen MR) is 73.1 cm³/mol. The maximum Gasteiger partial charge on any atom is 0.168 e. The zero-order valence-corrected chi connectivity index (χ0v) is 12.2. The van der Waals surface area contributed by atoms with Gasteiger partial charge in [-0.1, -0.05) is 18.5 Å². The molecule has 0 saturated carbocycles. The molecule has 5 nitrogen and oxygen atoms in total. The van der Waals surface area contributed by atoms with Crippen LogP contribution in [0.15, 0.2) is 12.1 Å². The average Bonchev–Trinajstić information content (AvgIpc) is 2.96. The zero-order chi connectivity index (χ0) is 13.1. The molecule has 2 aromatic rings. The molecule has 0 spiro atoms. The Hall–Kier alpha value is -0.980. The van der Waals surface area contributed by atoms with Gasteiger partial charge < -0.3 is 5.32 Å². The molecule has 98 valence electrons. The molecule has 0 fully saturated rings. The van der Waals surface area contributed by atoms with E-state index in [1.54, 1.807) is 11.3 Å². The summed E-state index contributed by atoms with van der Waals surface area (Å²) in [5.41, 5.74) is 0. The summed E-state index contributed by atoms with van der Waals surface area (Å²) in [4.78, 5) is 1.15. The Kier molecular flexibility index (Phi) is 4.31. The van der Waals surface area contributed by atoms with Gasteiger partial charge in [-0.25, -0.2) is 4.68 Å². The molecule has 7 heteroatoms. The summed E-state index contributed by atoms with van der Waals surface area (Å²) in [5.74, 6) is 0.842. The van der Waals surface area contributed by atoms with Crippen LogP contribution in [-0.2, 0) is 0 Å². The minimum absolute atomic E-state index is 0.0913. The smallest absolute Gasteiger partial charge is 0.168 e. The van der Waals surface area contributed by atoms with Crippen molar-refractivity contribution in [3.63, 3.8) is 0 Å². The number of tetrazole rings is 1. The van der Waals surface area contributed by atoms with Crippen molar-refractivity contribution in [2.45, 2.75) is 32.9 Å². The largest absolute Gasteiger partial charge is 0.308 e. The van der Waals surface area contributed by atoms with Gasteiger partial charge in [-0.2, -0.15) is 0 Å². The fourth-order valence-electron chi connectivity index (χ4n) is 1.83. The van der Waals surface area contributed by atoms with Crippen LogP contribution in [0, 0.1) is 0 Å². The molecule has 0 aliphatic carbocycles. The summed E-state index contributed by atoms with van der Waals surface area (Å²) in [6, 6.07) is 4.13. The van der Waals surface area contributed by atoms with Crippen LogP contribution >= 0.6 is 22.9 Å². The lowest BCUT2D eigenvalue weighted by Crippen LogP contribution is -2.23. The standard InChI is InChI=1S/C11H16ClN5S/c1-4-13-7(2)11-14-15-16-17(11)8(3)9-5-6-10(12)18-9/h5-8,13H,4H2,1-3H3. The number of rotatable bonds is 5. The topological polar surface area (TPSA) is 55.6 Å². The fraction of sp³-hybridized carbons (Fsp3) is 0.545. The molecule has 18 heavy (non-hydrogen) atoms.